The van der Waals surface area contributed by atoms with Crippen LogP contribution in [0.25, 0.3) is 0 Å². The first-order valence-electron chi connectivity index (χ1n) is 4.94. The highest BCUT2D eigenvalue weighted by Gasteiger charge is 2.07. The number of carbonyl (C=O) groups is 1. The highest BCUT2D eigenvalue weighted by atomic mass is 16.5. The Balaban J connectivity index is 2.43. The minimum atomic E-state index is -0.132. The lowest BCUT2D eigenvalue weighted by Crippen LogP contribution is -2.09. The number of benzene rings is 1. The van der Waals surface area contributed by atoms with E-state index in [0.717, 1.165) is 0 Å². The van der Waals surface area contributed by atoms with Gasteiger partial charge in [0.25, 0.3) is 0 Å². The first-order valence-corrected chi connectivity index (χ1v) is 4.94. The van der Waals surface area contributed by atoms with Crippen molar-refractivity contribution >= 4 is 5.97 Å². The number of hydrogen-bond donors (Lipinski definition) is 0. The molecular formula is C12H16O2. The van der Waals surface area contributed by atoms with Crippen LogP contribution in [0, 0.1) is 0 Å². The third kappa shape index (κ3) is 3.21. The van der Waals surface area contributed by atoms with Gasteiger partial charge in [0.05, 0.1) is 6.61 Å². The van der Waals surface area contributed by atoms with E-state index in [1.54, 1.807) is 6.92 Å². The predicted octanol–water partition coefficient (Wildman–Crippen LogP) is 2.74. The average molecular weight is 192 g/mol. The van der Waals surface area contributed by atoms with Crippen LogP contribution in [0.2, 0.25) is 0 Å². The van der Waals surface area contributed by atoms with Crippen molar-refractivity contribution in [3.63, 3.8) is 0 Å². The first-order chi connectivity index (χ1) is 6.74. The van der Waals surface area contributed by atoms with Crippen molar-refractivity contribution in [2.75, 3.05) is 6.61 Å². The molecule has 1 unspecified atom stereocenters. The molecule has 1 aromatic rings. The van der Waals surface area contributed by atoms with E-state index in [0.29, 0.717) is 13.0 Å². The lowest BCUT2D eigenvalue weighted by molar-refractivity contribution is -0.143. The van der Waals surface area contributed by atoms with Crippen molar-refractivity contribution in [1.82, 2.24) is 0 Å². The van der Waals surface area contributed by atoms with E-state index >= 15 is 0 Å². The van der Waals surface area contributed by atoms with Crippen molar-refractivity contribution in [2.45, 2.75) is 26.2 Å². The fourth-order valence-electron chi connectivity index (χ4n) is 1.20. The van der Waals surface area contributed by atoms with Crippen LogP contribution in [-0.2, 0) is 9.53 Å². The molecule has 0 aromatic heterocycles. The molecule has 14 heavy (non-hydrogen) atoms. The van der Waals surface area contributed by atoms with Gasteiger partial charge in [0.15, 0.2) is 0 Å². The molecule has 0 radical (unpaired) electrons. The van der Waals surface area contributed by atoms with Crippen LogP contribution in [0.5, 0.6) is 0 Å². The third-order valence-electron chi connectivity index (χ3n) is 2.15. The summed E-state index contributed by atoms with van der Waals surface area (Å²) in [6.07, 6.45) is 0.446. The predicted molar refractivity (Wildman–Crippen MR) is 56.1 cm³/mol. The van der Waals surface area contributed by atoms with Gasteiger partial charge in [0.2, 0.25) is 0 Å². The topological polar surface area (TPSA) is 26.3 Å². The average Bonchev–Trinajstić information content (AvgIpc) is 2.26. The minimum absolute atomic E-state index is 0.132. The van der Waals surface area contributed by atoms with Crippen LogP contribution in [0.1, 0.15) is 31.7 Å². The lowest BCUT2D eigenvalue weighted by Gasteiger charge is -2.11. The van der Waals surface area contributed by atoms with Gasteiger partial charge in [0, 0.05) is 12.3 Å². The maximum absolute atomic E-state index is 10.9. The van der Waals surface area contributed by atoms with Crippen molar-refractivity contribution in [3.8, 4) is 0 Å². The molecule has 1 atom stereocenters. The quantitative estimate of drug-likeness (QED) is 0.686. The van der Waals surface area contributed by atoms with Gasteiger partial charge in [-0.05, 0) is 5.56 Å². The standard InChI is InChI=1S/C12H16O2/c1-3-12(13)14-9-10(2)11-7-5-4-6-8-11/h4-8,10H,3,9H2,1-2H3. The van der Waals surface area contributed by atoms with Crippen LogP contribution < -0.4 is 0 Å². The molecule has 0 fully saturated rings. The smallest absolute Gasteiger partial charge is 0.305 e. The zero-order valence-corrected chi connectivity index (χ0v) is 8.69. The van der Waals surface area contributed by atoms with Crippen LogP contribution in [0.15, 0.2) is 30.3 Å². The van der Waals surface area contributed by atoms with Crippen molar-refractivity contribution in [3.05, 3.63) is 35.9 Å². The van der Waals surface area contributed by atoms with Crippen molar-refractivity contribution < 1.29 is 9.53 Å². The molecule has 0 aliphatic heterocycles. The van der Waals surface area contributed by atoms with E-state index in [1.165, 1.54) is 5.56 Å². The molecule has 0 spiro atoms. The lowest BCUT2D eigenvalue weighted by atomic mass is 10.0. The summed E-state index contributed by atoms with van der Waals surface area (Å²) < 4.78 is 5.07. The summed E-state index contributed by atoms with van der Waals surface area (Å²) in [5, 5.41) is 0. The summed E-state index contributed by atoms with van der Waals surface area (Å²) in [5.74, 6) is 0.138. The van der Waals surface area contributed by atoms with E-state index in [-0.39, 0.29) is 11.9 Å². The summed E-state index contributed by atoms with van der Waals surface area (Å²) in [7, 11) is 0. The summed E-state index contributed by atoms with van der Waals surface area (Å²) in [4.78, 5) is 10.9. The number of carbonyl (C=O) groups excluding carboxylic acids is 1. The van der Waals surface area contributed by atoms with E-state index < -0.39 is 0 Å². The van der Waals surface area contributed by atoms with Gasteiger partial charge in [-0.15, -0.1) is 0 Å². The molecule has 2 nitrogen and oxygen atoms in total. The van der Waals surface area contributed by atoms with Crippen LogP contribution in [0.3, 0.4) is 0 Å². The Morgan fingerprint density at radius 2 is 2.00 bits per heavy atom. The highest BCUT2D eigenvalue weighted by molar-refractivity contribution is 5.68. The maximum Gasteiger partial charge on any atom is 0.305 e. The SMILES string of the molecule is CCC(=O)OCC(C)c1ccccc1. The Labute approximate surface area is 84.9 Å². The monoisotopic (exact) mass is 192 g/mol. The second kappa shape index (κ2) is 5.43. The van der Waals surface area contributed by atoms with Gasteiger partial charge in [-0.25, -0.2) is 0 Å². The molecule has 0 amide bonds. The Bertz CT molecular complexity index is 280. The summed E-state index contributed by atoms with van der Waals surface area (Å²) >= 11 is 0. The summed E-state index contributed by atoms with van der Waals surface area (Å²) in [6, 6.07) is 10.1. The molecule has 2 heteroatoms. The third-order valence-corrected chi connectivity index (χ3v) is 2.15. The summed E-state index contributed by atoms with van der Waals surface area (Å²) in [6.45, 7) is 4.32. The highest BCUT2D eigenvalue weighted by Crippen LogP contribution is 2.14. The molecule has 0 aliphatic rings. The van der Waals surface area contributed by atoms with Crippen LogP contribution in [-0.4, -0.2) is 12.6 Å². The van der Waals surface area contributed by atoms with E-state index in [4.69, 9.17) is 4.74 Å². The van der Waals surface area contributed by atoms with Gasteiger partial charge in [-0.2, -0.15) is 0 Å². The van der Waals surface area contributed by atoms with E-state index in [9.17, 15) is 4.79 Å². The second-order valence-corrected chi connectivity index (χ2v) is 3.35. The van der Waals surface area contributed by atoms with Crippen LogP contribution in [0.4, 0.5) is 0 Å². The van der Waals surface area contributed by atoms with Gasteiger partial charge in [-0.3, -0.25) is 4.79 Å². The number of esters is 1. The van der Waals surface area contributed by atoms with E-state index in [1.807, 2.05) is 30.3 Å². The Kier molecular flexibility index (Phi) is 4.17. The molecular weight excluding hydrogens is 176 g/mol. The fraction of sp³-hybridized carbons (Fsp3) is 0.417. The Morgan fingerprint density at radius 1 is 1.36 bits per heavy atom. The van der Waals surface area contributed by atoms with Crippen molar-refractivity contribution in [2.24, 2.45) is 0 Å². The second-order valence-electron chi connectivity index (χ2n) is 3.35. The zero-order valence-electron chi connectivity index (χ0n) is 8.69. The molecule has 0 aliphatic carbocycles. The largest absolute Gasteiger partial charge is 0.465 e. The number of ether oxygens (including phenoxy) is 1. The molecule has 0 bridgehead atoms. The molecule has 1 aromatic carbocycles. The Hall–Kier alpha value is -1.31. The molecule has 0 N–H and O–H groups in total. The van der Waals surface area contributed by atoms with Gasteiger partial charge < -0.3 is 4.74 Å². The first kappa shape index (κ1) is 10.8. The molecule has 0 saturated carbocycles. The van der Waals surface area contributed by atoms with Crippen molar-refractivity contribution in [1.29, 1.82) is 0 Å². The molecule has 0 heterocycles. The van der Waals surface area contributed by atoms with Gasteiger partial charge in [-0.1, -0.05) is 44.2 Å². The minimum Gasteiger partial charge on any atom is -0.465 e. The van der Waals surface area contributed by atoms with E-state index in [2.05, 4.69) is 6.92 Å². The zero-order chi connectivity index (χ0) is 10.4. The summed E-state index contributed by atoms with van der Waals surface area (Å²) in [5.41, 5.74) is 1.21. The Morgan fingerprint density at radius 3 is 2.57 bits per heavy atom. The maximum atomic E-state index is 10.9. The molecule has 0 saturated heterocycles. The number of rotatable bonds is 4. The normalized spacial score (nSPS) is 12.1. The molecule has 1 rings (SSSR count). The number of hydrogen-bond acceptors (Lipinski definition) is 2. The van der Waals surface area contributed by atoms with Gasteiger partial charge in [0.1, 0.15) is 0 Å². The van der Waals surface area contributed by atoms with Crippen LogP contribution >= 0.6 is 0 Å². The fourth-order valence-corrected chi connectivity index (χ4v) is 1.20. The molecule has 76 valence electrons. The van der Waals surface area contributed by atoms with Gasteiger partial charge >= 0.3 is 5.97 Å².